The van der Waals surface area contributed by atoms with Crippen molar-refractivity contribution in [3.63, 3.8) is 0 Å². The van der Waals surface area contributed by atoms with Crippen LogP contribution in [0.4, 0.5) is 0 Å². The predicted molar refractivity (Wildman–Crippen MR) is 91.6 cm³/mol. The van der Waals surface area contributed by atoms with E-state index >= 15 is 0 Å². The second-order valence-electron chi connectivity index (χ2n) is 5.14. The highest BCUT2D eigenvalue weighted by atomic mass is 32.1. The summed E-state index contributed by atoms with van der Waals surface area (Å²) in [6.07, 6.45) is 0.281. The van der Waals surface area contributed by atoms with Gasteiger partial charge in [0, 0.05) is 22.7 Å². The Balaban J connectivity index is 1.76. The summed E-state index contributed by atoms with van der Waals surface area (Å²) in [6.45, 7) is 6.46. The number of amides is 2. The zero-order chi connectivity index (χ0) is 16.1. The van der Waals surface area contributed by atoms with Crippen LogP contribution in [0, 0.1) is 13.8 Å². The number of aryl methyl sites for hydroxylation is 2. The fourth-order valence-electron chi connectivity index (χ4n) is 2.26. The van der Waals surface area contributed by atoms with Gasteiger partial charge in [-0.3, -0.25) is 9.59 Å². The molecule has 22 heavy (non-hydrogen) atoms. The molecule has 0 spiro atoms. The normalized spacial score (nSPS) is 12.0. The maximum Gasteiger partial charge on any atom is 0.261 e. The first-order valence-corrected chi connectivity index (χ1v) is 8.85. The minimum absolute atomic E-state index is 0.00884. The Kier molecular flexibility index (Phi) is 5.74. The lowest BCUT2D eigenvalue weighted by atomic mass is 10.1. The van der Waals surface area contributed by atoms with Gasteiger partial charge in [-0.1, -0.05) is 6.07 Å². The average Bonchev–Trinajstić information content (AvgIpc) is 3.08. The Morgan fingerprint density at radius 3 is 2.68 bits per heavy atom. The molecule has 2 amide bonds. The molecule has 6 heteroatoms. The summed E-state index contributed by atoms with van der Waals surface area (Å²) in [7, 11) is 0. The third-order valence-electron chi connectivity index (χ3n) is 3.31. The van der Waals surface area contributed by atoms with Crippen LogP contribution >= 0.6 is 22.7 Å². The van der Waals surface area contributed by atoms with Gasteiger partial charge in [0.05, 0.1) is 10.9 Å². The molecule has 0 aliphatic rings. The maximum atomic E-state index is 12.0. The fourth-order valence-corrected chi connectivity index (χ4v) is 3.92. The molecule has 0 saturated carbocycles. The minimum Gasteiger partial charge on any atom is -0.351 e. The Morgan fingerprint density at radius 2 is 2.09 bits per heavy atom. The third kappa shape index (κ3) is 4.42. The molecule has 0 aromatic carbocycles. The van der Waals surface area contributed by atoms with E-state index in [0.29, 0.717) is 11.4 Å². The van der Waals surface area contributed by atoms with E-state index in [1.807, 2.05) is 18.4 Å². The first-order chi connectivity index (χ1) is 10.5. The van der Waals surface area contributed by atoms with Crippen LogP contribution in [0.15, 0.2) is 23.6 Å². The van der Waals surface area contributed by atoms with E-state index in [1.165, 1.54) is 26.7 Å². The number of nitrogens with one attached hydrogen (secondary N) is 2. The summed E-state index contributed by atoms with van der Waals surface area (Å²) in [5, 5.41) is 7.59. The van der Waals surface area contributed by atoms with E-state index in [2.05, 4.69) is 30.5 Å². The van der Waals surface area contributed by atoms with E-state index < -0.39 is 0 Å². The Labute approximate surface area is 138 Å². The summed E-state index contributed by atoms with van der Waals surface area (Å²) in [4.78, 5) is 26.8. The number of thiophene rings is 2. The lowest BCUT2D eigenvalue weighted by Crippen LogP contribution is -2.31. The number of rotatable bonds is 6. The predicted octanol–water partition coefficient (Wildman–Crippen LogP) is 3.42. The van der Waals surface area contributed by atoms with E-state index in [9.17, 15) is 9.59 Å². The highest BCUT2D eigenvalue weighted by Crippen LogP contribution is 2.26. The molecule has 1 unspecified atom stereocenters. The molecular weight excluding hydrogens is 316 g/mol. The molecule has 2 N–H and O–H groups in total. The summed E-state index contributed by atoms with van der Waals surface area (Å²) in [6, 6.07) is 5.71. The molecule has 4 nitrogen and oxygen atoms in total. The third-order valence-corrected chi connectivity index (χ3v) is 5.16. The van der Waals surface area contributed by atoms with Gasteiger partial charge in [0.2, 0.25) is 5.91 Å². The molecule has 2 aromatic rings. The fraction of sp³-hybridized carbons (Fsp3) is 0.375. The summed E-state index contributed by atoms with van der Waals surface area (Å²) in [5.41, 5.74) is 1.17. The second-order valence-corrected chi connectivity index (χ2v) is 7.55. The van der Waals surface area contributed by atoms with Gasteiger partial charge in [-0.2, -0.15) is 0 Å². The molecule has 0 saturated heterocycles. The van der Waals surface area contributed by atoms with Crippen molar-refractivity contribution in [3.05, 3.63) is 43.8 Å². The van der Waals surface area contributed by atoms with Crippen LogP contribution in [0.3, 0.4) is 0 Å². The van der Waals surface area contributed by atoms with Gasteiger partial charge < -0.3 is 10.6 Å². The summed E-state index contributed by atoms with van der Waals surface area (Å²) < 4.78 is 0. The van der Waals surface area contributed by atoms with Crippen molar-refractivity contribution in [1.82, 2.24) is 10.6 Å². The van der Waals surface area contributed by atoms with Crippen molar-refractivity contribution in [2.45, 2.75) is 33.2 Å². The minimum atomic E-state index is -0.125. The van der Waals surface area contributed by atoms with Crippen LogP contribution in [0.2, 0.25) is 0 Å². The Hall–Kier alpha value is -1.66. The number of hydrogen-bond donors (Lipinski definition) is 2. The van der Waals surface area contributed by atoms with Crippen molar-refractivity contribution in [3.8, 4) is 0 Å². The van der Waals surface area contributed by atoms with Gasteiger partial charge in [-0.15, -0.1) is 22.7 Å². The Morgan fingerprint density at radius 1 is 1.32 bits per heavy atom. The quantitative estimate of drug-likeness (QED) is 0.849. The van der Waals surface area contributed by atoms with Gasteiger partial charge in [-0.05, 0) is 43.8 Å². The molecule has 1 atom stereocenters. The maximum absolute atomic E-state index is 12.0. The molecule has 0 fully saturated rings. The molecule has 0 aliphatic heterocycles. The smallest absolute Gasteiger partial charge is 0.261 e. The van der Waals surface area contributed by atoms with Crippen molar-refractivity contribution >= 4 is 34.5 Å². The van der Waals surface area contributed by atoms with Crippen LogP contribution in [0.5, 0.6) is 0 Å². The lowest BCUT2D eigenvalue weighted by Gasteiger charge is -2.14. The molecule has 0 bridgehead atoms. The highest BCUT2D eigenvalue weighted by molar-refractivity contribution is 7.12. The van der Waals surface area contributed by atoms with Gasteiger partial charge in [-0.25, -0.2) is 0 Å². The standard InChI is InChI=1S/C16H20N2O2S2/c1-10-9-13(12(3)22-10)11(2)18-15(19)6-7-17-16(20)14-5-4-8-21-14/h4-5,8-9,11H,6-7H2,1-3H3,(H,17,20)(H,18,19). The van der Waals surface area contributed by atoms with Crippen LogP contribution < -0.4 is 10.6 Å². The number of hydrogen-bond acceptors (Lipinski definition) is 4. The average molecular weight is 336 g/mol. The van der Waals surface area contributed by atoms with Crippen LogP contribution in [-0.4, -0.2) is 18.4 Å². The molecule has 0 aliphatic carbocycles. The first-order valence-electron chi connectivity index (χ1n) is 7.15. The molecule has 0 radical (unpaired) electrons. The number of carbonyl (C=O) groups is 2. The monoisotopic (exact) mass is 336 g/mol. The summed E-state index contributed by atoms with van der Waals surface area (Å²) in [5.74, 6) is -0.178. The van der Waals surface area contributed by atoms with E-state index in [0.717, 1.165) is 0 Å². The molecule has 2 heterocycles. The van der Waals surface area contributed by atoms with Crippen molar-refractivity contribution in [2.75, 3.05) is 6.54 Å². The first kappa shape index (κ1) is 16.7. The molecule has 2 rings (SSSR count). The van der Waals surface area contributed by atoms with E-state index in [1.54, 1.807) is 17.4 Å². The molecule has 2 aromatic heterocycles. The van der Waals surface area contributed by atoms with Crippen LogP contribution in [-0.2, 0) is 4.79 Å². The Bertz CT molecular complexity index is 647. The largest absolute Gasteiger partial charge is 0.351 e. The van der Waals surface area contributed by atoms with Crippen molar-refractivity contribution < 1.29 is 9.59 Å². The SMILES string of the molecule is Cc1cc(C(C)NC(=O)CCNC(=O)c2cccs2)c(C)s1. The highest BCUT2D eigenvalue weighted by Gasteiger charge is 2.14. The van der Waals surface area contributed by atoms with Crippen LogP contribution in [0.25, 0.3) is 0 Å². The molecular formula is C16H20N2O2S2. The molecule has 118 valence electrons. The van der Waals surface area contributed by atoms with E-state index in [4.69, 9.17) is 0 Å². The van der Waals surface area contributed by atoms with Crippen LogP contribution in [0.1, 0.15) is 44.4 Å². The van der Waals surface area contributed by atoms with Gasteiger partial charge in [0.25, 0.3) is 5.91 Å². The second kappa shape index (κ2) is 7.56. The van der Waals surface area contributed by atoms with Crippen molar-refractivity contribution in [1.29, 1.82) is 0 Å². The van der Waals surface area contributed by atoms with Gasteiger partial charge >= 0.3 is 0 Å². The van der Waals surface area contributed by atoms with E-state index in [-0.39, 0.29) is 24.3 Å². The topological polar surface area (TPSA) is 58.2 Å². The van der Waals surface area contributed by atoms with Crippen molar-refractivity contribution in [2.24, 2.45) is 0 Å². The zero-order valence-electron chi connectivity index (χ0n) is 12.9. The zero-order valence-corrected chi connectivity index (χ0v) is 14.6. The summed E-state index contributed by atoms with van der Waals surface area (Å²) >= 11 is 3.13. The van der Waals surface area contributed by atoms with Gasteiger partial charge in [0.1, 0.15) is 0 Å². The van der Waals surface area contributed by atoms with Gasteiger partial charge in [0.15, 0.2) is 0 Å². The number of carbonyl (C=O) groups excluding carboxylic acids is 2. The lowest BCUT2D eigenvalue weighted by molar-refractivity contribution is -0.121.